The summed E-state index contributed by atoms with van der Waals surface area (Å²) in [6.07, 6.45) is 5.32. The molecular weight excluding hydrogens is 338 g/mol. The lowest BCUT2D eigenvalue weighted by atomic mass is 9.98. The van der Waals surface area contributed by atoms with E-state index in [2.05, 4.69) is 35.3 Å². The minimum Gasteiger partial charge on any atom is -0.497 e. The Morgan fingerprint density at radius 3 is 2.89 bits per heavy atom. The van der Waals surface area contributed by atoms with Crippen molar-refractivity contribution in [3.63, 3.8) is 0 Å². The van der Waals surface area contributed by atoms with Crippen LogP contribution in [0.5, 0.6) is 5.75 Å². The molecule has 5 heteroatoms. The Morgan fingerprint density at radius 1 is 1.26 bits per heavy atom. The van der Waals surface area contributed by atoms with Crippen molar-refractivity contribution < 1.29 is 9.53 Å². The van der Waals surface area contributed by atoms with Crippen LogP contribution in [-0.4, -0.2) is 29.8 Å². The van der Waals surface area contributed by atoms with Gasteiger partial charge in [-0.15, -0.1) is 0 Å². The highest BCUT2D eigenvalue weighted by Crippen LogP contribution is 2.32. The first-order chi connectivity index (χ1) is 13.2. The van der Waals surface area contributed by atoms with Gasteiger partial charge >= 0.3 is 0 Å². The van der Waals surface area contributed by atoms with E-state index in [1.54, 1.807) is 7.11 Å². The van der Waals surface area contributed by atoms with Crippen molar-refractivity contribution in [3.8, 4) is 16.9 Å². The number of aromatic amines is 1. The minimum absolute atomic E-state index is 0.0194. The van der Waals surface area contributed by atoms with Gasteiger partial charge in [-0.25, -0.2) is 0 Å². The van der Waals surface area contributed by atoms with Crippen molar-refractivity contribution >= 4 is 11.6 Å². The molecule has 1 atom stereocenters. The molecule has 3 aromatic rings. The van der Waals surface area contributed by atoms with Crippen LogP contribution < -0.4 is 9.64 Å². The normalized spacial score (nSPS) is 16.7. The lowest BCUT2D eigenvalue weighted by Gasteiger charge is -2.18. The van der Waals surface area contributed by atoms with E-state index in [0.29, 0.717) is 0 Å². The average molecular weight is 361 g/mol. The maximum absolute atomic E-state index is 13.0. The number of hydrogen-bond acceptors (Lipinski definition) is 3. The molecule has 0 bridgehead atoms. The number of methoxy groups -OCH3 is 1. The summed E-state index contributed by atoms with van der Waals surface area (Å²) in [6, 6.07) is 14.2. The van der Waals surface area contributed by atoms with Crippen LogP contribution in [0.1, 0.15) is 17.5 Å². The van der Waals surface area contributed by atoms with E-state index in [4.69, 9.17) is 4.74 Å². The molecule has 27 heavy (non-hydrogen) atoms. The summed E-state index contributed by atoms with van der Waals surface area (Å²) in [4.78, 5) is 14.9. The summed E-state index contributed by atoms with van der Waals surface area (Å²) in [6.45, 7) is 2.83. The molecule has 5 nitrogen and oxygen atoms in total. The van der Waals surface area contributed by atoms with Crippen LogP contribution in [0.3, 0.4) is 0 Å². The van der Waals surface area contributed by atoms with E-state index >= 15 is 0 Å². The van der Waals surface area contributed by atoms with Crippen molar-refractivity contribution in [1.82, 2.24) is 10.2 Å². The average Bonchev–Trinajstić information content (AvgIpc) is 3.33. The highest BCUT2D eigenvalue weighted by Gasteiger charge is 2.32. The number of carbonyl (C=O) groups excluding carboxylic acids is 1. The molecule has 2 aromatic carbocycles. The van der Waals surface area contributed by atoms with Crippen molar-refractivity contribution in [2.45, 2.75) is 19.8 Å². The number of rotatable bonds is 5. The van der Waals surface area contributed by atoms with Crippen molar-refractivity contribution in [1.29, 1.82) is 0 Å². The molecule has 0 aliphatic carbocycles. The van der Waals surface area contributed by atoms with Crippen LogP contribution in [-0.2, 0) is 11.2 Å². The molecule has 138 valence electrons. The zero-order chi connectivity index (χ0) is 18.8. The molecule has 1 N–H and O–H groups in total. The van der Waals surface area contributed by atoms with E-state index in [1.807, 2.05) is 41.6 Å². The van der Waals surface area contributed by atoms with E-state index in [9.17, 15) is 4.79 Å². The zero-order valence-electron chi connectivity index (χ0n) is 15.6. The summed E-state index contributed by atoms with van der Waals surface area (Å²) >= 11 is 0. The number of benzene rings is 2. The first kappa shape index (κ1) is 17.3. The highest BCUT2D eigenvalue weighted by atomic mass is 16.5. The van der Waals surface area contributed by atoms with Gasteiger partial charge in [-0.2, -0.15) is 5.10 Å². The number of ether oxygens (including phenoxy) is 1. The summed E-state index contributed by atoms with van der Waals surface area (Å²) < 4.78 is 5.29. The molecule has 1 unspecified atom stereocenters. The Morgan fingerprint density at radius 2 is 2.15 bits per heavy atom. The standard InChI is InChI=1S/C22H23N3O2/c1-15-10-19(6-7-21(15)18-13-23-24-14-18)25-9-8-17(22(25)26)11-16-4-3-5-20(12-16)27-2/h3-7,10,12-14,17H,8-9,11H2,1-2H3,(H,23,24). The van der Waals surface area contributed by atoms with Crippen LogP contribution in [0.15, 0.2) is 54.9 Å². The molecule has 2 heterocycles. The number of hydrogen-bond donors (Lipinski definition) is 1. The van der Waals surface area contributed by atoms with Crippen LogP contribution in [0.4, 0.5) is 5.69 Å². The monoisotopic (exact) mass is 361 g/mol. The maximum atomic E-state index is 13.0. The van der Waals surface area contributed by atoms with E-state index in [0.717, 1.165) is 53.1 Å². The lowest BCUT2D eigenvalue weighted by molar-refractivity contribution is -0.120. The Labute approximate surface area is 159 Å². The number of aryl methyl sites for hydroxylation is 1. The Kier molecular flexibility index (Phi) is 4.67. The Bertz CT molecular complexity index is 950. The highest BCUT2D eigenvalue weighted by molar-refractivity contribution is 5.97. The Balaban J connectivity index is 1.51. The molecule has 0 radical (unpaired) electrons. The van der Waals surface area contributed by atoms with Gasteiger partial charge in [-0.3, -0.25) is 9.89 Å². The number of nitrogens with zero attached hydrogens (tertiary/aromatic N) is 2. The second kappa shape index (κ2) is 7.27. The smallest absolute Gasteiger partial charge is 0.230 e. The molecule has 1 saturated heterocycles. The number of nitrogens with one attached hydrogen (secondary N) is 1. The van der Waals surface area contributed by atoms with Gasteiger partial charge in [0.1, 0.15) is 5.75 Å². The number of H-pyrrole nitrogens is 1. The van der Waals surface area contributed by atoms with E-state index in [-0.39, 0.29) is 11.8 Å². The quantitative estimate of drug-likeness (QED) is 0.747. The third kappa shape index (κ3) is 3.45. The summed E-state index contributed by atoms with van der Waals surface area (Å²) in [5.41, 5.74) is 5.44. The van der Waals surface area contributed by atoms with E-state index < -0.39 is 0 Å². The summed E-state index contributed by atoms with van der Waals surface area (Å²) in [5.74, 6) is 1.06. The molecule has 0 spiro atoms. The summed E-state index contributed by atoms with van der Waals surface area (Å²) in [5, 5.41) is 6.86. The number of amides is 1. The fourth-order valence-electron chi connectivity index (χ4n) is 3.81. The first-order valence-electron chi connectivity index (χ1n) is 9.20. The SMILES string of the molecule is COc1cccc(CC2CCN(c3ccc(-c4cn[nH]c4)c(C)c3)C2=O)c1. The number of anilines is 1. The van der Waals surface area contributed by atoms with Gasteiger partial charge in [-0.05, 0) is 60.7 Å². The van der Waals surface area contributed by atoms with Gasteiger partial charge in [0, 0.05) is 29.9 Å². The zero-order valence-corrected chi connectivity index (χ0v) is 15.6. The third-order valence-electron chi connectivity index (χ3n) is 5.26. The van der Waals surface area contributed by atoms with Crippen molar-refractivity contribution in [3.05, 3.63) is 66.0 Å². The van der Waals surface area contributed by atoms with Crippen LogP contribution in [0, 0.1) is 12.8 Å². The third-order valence-corrected chi connectivity index (χ3v) is 5.26. The molecule has 1 fully saturated rings. The molecule has 1 amide bonds. The minimum atomic E-state index is 0.0194. The van der Waals surface area contributed by atoms with Gasteiger partial charge < -0.3 is 9.64 Å². The number of carbonyl (C=O) groups is 1. The topological polar surface area (TPSA) is 58.2 Å². The predicted octanol–water partition coefficient (Wildman–Crippen LogP) is 3.99. The molecular formula is C22H23N3O2. The largest absolute Gasteiger partial charge is 0.497 e. The molecule has 1 aliphatic heterocycles. The van der Waals surface area contributed by atoms with E-state index in [1.165, 1.54) is 0 Å². The lowest BCUT2D eigenvalue weighted by Crippen LogP contribution is -2.27. The van der Waals surface area contributed by atoms with Crippen molar-refractivity contribution in [2.24, 2.45) is 5.92 Å². The van der Waals surface area contributed by atoms with Gasteiger partial charge in [-0.1, -0.05) is 18.2 Å². The molecule has 1 aliphatic rings. The molecule has 0 saturated carbocycles. The molecule has 1 aromatic heterocycles. The second-order valence-corrected chi connectivity index (χ2v) is 7.02. The predicted molar refractivity (Wildman–Crippen MR) is 106 cm³/mol. The van der Waals surface area contributed by atoms with Crippen molar-refractivity contribution in [2.75, 3.05) is 18.6 Å². The van der Waals surface area contributed by atoms with Crippen LogP contribution in [0.25, 0.3) is 11.1 Å². The van der Waals surface area contributed by atoms with Gasteiger partial charge in [0.05, 0.1) is 13.3 Å². The Hall–Kier alpha value is -3.08. The van der Waals surface area contributed by atoms with Gasteiger partial charge in [0.15, 0.2) is 0 Å². The summed E-state index contributed by atoms with van der Waals surface area (Å²) in [7, 11) is 1.66. The fourth-order valence-corrected chi connectivity index (χ4v) is 3.81. The van der Waals surface area contributed by atoms with Crippen LogP contribution in [0.2, 0.25) is 0 Å². The second-order valence-electron chi connectivity index (χ2n) is 7.02. The first-order valence-corrected chi connectivity index (χ1v) is 9.20. The maximum Gasteiger partial charge on any atom is 0.230 e. The fraction of sp³-hybridized carbons (Fsp3) is 0.273. The van der Waals surface area contributed by atoms with Gasteiger partial charge in [0.25, 0.3) is 0 Å². The number of aromatic nitrogens is 2. The van der Waals surface area contributed by atoms with Crippen LogP contribution >= 0.6 is 0 Å². The van der Waals surface area contributed by atoms with Gasteiger partial charge in [0.2, 0.25) is 5.91 Å². The molecule has 4 rings (SSSR count).